The number of nitrogens with one attached hydrogen (secondary N) is 1. The molecule has 0 bridgehead atoms. The highest BCUT2D eigenvalue weighted by atomic mass is 16.5. The van der Waals surface area contributed by atoms with Crippen molar-refractivity contribution in [1.29, 1.82) is 0 Å². The highest BCUT2D eigenvalue weighted by Crippen LogP contribution is 2.24. The van der Waals surface area contributed by atoms with Crippen LogP contribution in [-0.4, -0.2) is 48.2 Å². The fourth-order valence-corrected chi connectivity index (χ4v) is 2.98. The normalized spacial score (nSPS) is 19.8. The second-order valence-electron chi connectivity index (χ2n) is 6.38. The SMILES string of the molecule is COC(=O)c1ccc(CN(C)C(=O)NC2CCC(C(=O)O)CC2)cc1. The number of nitrogens with zero attached hydrogens (tertiary/aromatic N) is 1. The number of aliphatic carboxylic acids is 1. The summed E-state index contributed by atoms with van der Waals surface area (Å²) in [6.45, 7) is 0.414. The van der Waals surface area contributed by atoms with Gasteiger partial charge in [-0.2, -0.15) is 0 Å². The molecule has 1 aromatic carbocycles. The highest BCUT2D eigenvalue weighted by molar-refractivity contribution is 5.89. The van der Waals surface area contributed by atoms with Crippen LogP contribution < -0.4 is 5.32 Å². The molecular weight excluding hydrogens is 324 g/mol. The van der Waals surface area contributed by atoms with Gasteiger partial charge < -0.3 is 20.1 Å². The Morgan fingerprint density at radius 3 is 2.28 bits per heavy atom. The number of ether oxygens (including phenoxy) is 1. The van der Waals surface area contributed by atoms with E-state index in [0.717, 1.165) is 5.56 Å². The monoisotopic (exact) mass is 348 g/mol. The van der Waals surface area contributed by atoms with E-state index in [1.54, 1.807) is 36.2 Å². The van der Waals surface area contributed by atoms with Crippen molar-refractivity contribution in [1.82, 2.24) is 10.2 Å². The zero-order valence-corrected chi connectivity index (χ0v) is 14.5. The van der Waals surface area contributed by atoms with Gasteiger partial charge in [-0.05, 0) is 43.4 Å². The Kier molecular flexibility index (Phi) is 6.38. The molecule has 1 fully saturated rings. The summed E-state index contributed by atoms with van der Waals surface area (Å²) in [5, 5.41) is 12.0. The summed E-state index contributed by atoms with van der Waals surface area (Å²) in [4.78, 5) is 36.2. The van der Waals surface area contributed by atoms with Crippen molar-refractivity contribution in [2.24, 2.45) is 5.92 Å². The van der Waals surface area contributed by atoms with Gasteiger partial charge in [0.2, 0.25) is 0 Å². The van der Waals surface area contributed by atoms with E-state index in [4.69, 9.17) is 5.11 Å². The van der Waals surface area contributed by atoms with Gasteiger partial charge in [-0.25, -0.2) is 9.59 Å². The summed E-state index contributed by atoms with van der Waals surface area (Å²) >= 11 is 0. The summed E-state index contributed by atoms with van der Waals surface area (Å²) < 4.78 is 4.65. The fourth-order valence-electron chi connectivity index (χ4n) is 2.98. The van der Waals surface area contributed by atoms with Crippen molar-refractivity contribution in [3.8, 4) is 0 Å². The van der Waals surface area contributed by atoms with Gasteiger partial charge in [-0.3, -0.25) is 4.79 Å². The minimum atomic E-state index is -0.753. The van der Waals surface area contributed by atoms with Crippen molar-refractivity contribution in [2.45, 2.75) is 38.3 Å². The number of hydrogen-bond acceptors (Lipinski definition) is 4. The van der Waals surface area contributed by atoms with E-state index in [0.29, 0.717) is 37.8 Å². The van der Waals surface area contributed by atoms with E-state index in [9.17, 15) is 14.4 Å². The molecule has 1 aliphatic carbocycles. The highest BCUT2D eigenvalue weighted by Gasteiger charge is 2.27. The first-order chi connectivity index (χ1) is 11.9. The summed E-state index contributed by atoms with van der Waals surface area (Å²) in [7, 11) is 3.03. The van der Waals surface area contributed by atoms with Crippen LogP contribution in [-0.2, 0) is 16.1 Å². The lowest BCUT2D eigenvalue weighted by atomic mass is 9.86. The lowest BCUT2D eigenvalue weighted by Gasteiger charge is -2.28. The molecule has 1 aromatic rings. The average Bonchev–Trinajstić information content (AvgIpc) is 2.62. The first-order valence-electron chi connectivity index (χ1n) is 8.32. The molecule has 136 valence electrons. The number of carbonyl (C=O) groups excluding carboxylic acids is 2. The molecule has 0 saturated heterocycles. The van der Waals surface area contributed by atoms with Gasteiger partial charge in [0, 0.05) is 19.6 Å². The number of benzene rings is 1. The van der Waals surface area contributed by atoms with E-state index >= 15 is 0 Å². The maximum Gasteiger partial charge on any atom is 0.337 e. The van der Waals surface area contributed by atoms with Crippen LogP contribution in [0.15, 0.2) is 24.3 Å². The molecular formula is C18H24N2O5. The third-order valence-electron chi connectivity index (χ3n) is 4.55. The Hall–Kier alpha value is -2.57. The topological polar surface area (TPSA) is 95.9 Å². The molecule has 2 N–H and O–H groups in total. The van der Waals surface area contributed by atoms with Crippen LogP contribution >= 0.6 is 0 Å². The minimum absolute atomic E-state index is 0.0206. The summed E-state index contributed by atoms with van der Waals surface area (Å²) in [5.41, 5.74) is 1.37. The second-order valence-corrected chi connectivity index (χ2v) is 6.38. The van der Waals surface area contributed by atoms with Crippen LogP contribution in [0.4, 0.5) is 4.79 Å². The van der Waals surface area contributed by atoms with Crippen molar-refractivity contribution >= 4 is 18.0 Å². The molecule has 1 saturated carbocycles. The molecule has 25 heavy (non-hydrogen) atoms. The Labute approximate surface area is 147 Å². The summed E-state index contributed by atoms with van der Waals surface area (Å²) in [6.07, 6.45) is 2.56. The van der Waals surface area contributed by atoms with Gasteiger partial charge in [-0.15, -0.1) is 0 Å². The van der Waals surface area contributed by atoms with Crippen LogP contribution in [0.1, 0.15) is 41.6 Å². The number of esters is 1. The molecule has 0 aromatic heterocycles. The standard InChI is InChI=1S/C18H24N2O5/c1-20(11-12-3-5-14(6-4-12)17(23)25-2)18(24)19-15-9-7-13(8-10-15)16(21)22/h3-6,13,15H,7-11H2,1-2H3,(H,19,24)(H,21,22). The number of methoxy groups -OCH3 is 1. The number of carbonyl (C=O) groups is 3. The zero-order valence-electron chi connectivity index (χ0n) is 14.5. The van der Waals surface area contributed by atoms with Crippen molar-refractivity contribution in [2.75, 3.05) is 14.2 Å². The number of hydrogen-bond donors (Lipinski definition) is 2. The van der Waals surface area contributed by atoms with Crippen LogP contribution in [0.5, 0.6) is 0 Å². The zero-order chi connectivity index (χ0) is 18.4. The summed E-state index contributed by atoms with van der Waals surface area (Å²) in [5.74, 6) is -1.44. The third-order valence-corrected chi connectivity index (χ3v) is 4.55. The molecule has 2 amide bonds. The third kappa shape index (κ3) is 5.20. The predicted molar refractivity (Wildman–Crippen MR) is 91.2 cm³/mol. The van der Waals surface area contributed by atoms with Gasteiger partial charge in [0.15, 0.2) is 0 Å². The maximum absolute atomic E-state index is 12.3. The second kappa shape index (κ2) is 8.50. The van der Waals surface area contributed by atoms with Crippen LogP contribution in [0.25, 0.3) is 0 Å². The van der Waals surface area contributed by atoms with E-state index in [2.05, 4.69) is 10.1 Å². The number of carboxylic acid groups (broad SMARTS) is 1. The van der Waals surface area contributed by atoms with Gasteiger partial charge in [0.25, 0.3) is 0 Å². The molecule has 0 spiro atoms. The summed E-state index contributed by atoms with van der Waals surface area (Å²) in [6, 6.07) is 6.74. The van der Waals surface area contributed by atoms with Crippen molar-refractivity contribution in [3.63, 3.8) is 0 Å². The Morgan fingerprint density at radius 1 is 1.16 bits per heavy atom. The Bertz CT molecular complexity index is 621. The largest absolute Gasteiger partial charge is 0.481 e. The Morgan fingerprint density at radius 2 is 1.76 bits per heavy atom. The quantitative estimate of drug-likeness (QED) is 0.796. The molecule has 1 aliphatic rings. The van der Waals surface area contributed by atoms with Gasteiger partial charge >= 0.3 is 18.0 Å². The van der Waals surface area contributed by atoms with Gasteiger partial charge in [0.1, 0.15) is 0 Å². The molecule has 2 rings (SSSR count). The van der Waals surface area contributed by atoms with E-state index in [1.165, 1.54) is 7.11 Å². The molecule has 0 heterocycles. The number of carboxylic acids is 1. The van der Waals surface area contributed by atoms with Crippen LogP contribution in [0.3, 0.4) is 0 Å². The van der Waals surface area contributed by atoms with E-state index < -0.39 is 11.9 Å². The van der Waals surface area contributed by atoms with Crippen LogP contribution in [0.2, 0.25) is 0 Å². The van der Waals surface area contributed by atoms with Crippen LogP contribution in [0, 0.1) is 5.92 Å². The average molecular weight is 348 g/mol. The molecule has 0 radical (unpaired) electrons. The van der Waals surface area contributed by atoms with Gasteiger partial charge in [-0.1, -0.05) is 12.1 Å². The molecule has 7 heteroatoms. The lowest BCUT2D eigenvalue weighted by Crippen LogP contribution is -2.44. The number of rotatable bonds is 5. The molecule has 7 nitrogen and oxygen atoms in total. The number of urea groups is 1. The van der Waals surface area contributed by atoms with E-state index in [-0.39, 0.29) is 18.0 Å². The fraction of sp³-hybridized carbons (Fsp3) is 0.500. The minimum Gasteiger partial charge on any atom is -0.481 e. The first-order valence-corrected chi connectivity index (χ1v) is 8.32. The molecule has 0 unspecified atom stereocenters. The number of amides is 2. The van der Waals surface area contributed by atoms with E-state index in [1.807, 2.05) is 0 Å². The van der Waals surface area contributed by atoms with Crippen molar-refractivity contribution in [3.05, 3.63) is 35.4 Å². The predicted octanol–water partition coefficient (Wildman–Crippen LogP) is 2.26. The molecule has 0 aliphatic heterocycles. The van der Waals surface area contributed by atoms with Crippen molar-refractivity contribution < 1.29 is 24.2 Å². The Balaban J connectivity index is 1.82. The first kappa shape index (κ1) is 18.8. The smallest absolute Gasteiger partial charge is 0.337 e. The maximum atomic E-state index is 12.3. The molecule has 0 atom stereocenters. The van der Waals surface area contributed by atoms with Gasteiger partial charge in [0.05, 0.1) is 18.6 Å². The lowest BCUT2D eigenvalue weighted by molar-refractivity contribution is -0.142.